The van der Waals surface area contributed by atoms with Crippen LogP contribution in [0.25, 0.3) is 0 Å². The van der Waals surface area contributed by atoms with Gasteiger partial charge in [0.2, 0.25) is 0 Å². The van der Waals surface area contributed by atoms with E-state index in [-0.39, 0.29) is 6.03 Å². The first-order valence-electron chi connectivity index (χ1n) is 6.42. The minimum Gasteiger partial charge on any atom is -0.301 e. The van der Waals surface area contributed by atoms with Crippen molar-refractivity contribution in [2.24, 2.45) is 13.0 Å². The molecule has 0 bridgehead atoms. The molecule has 1 aliphatic rings. The number of carbonyl (C=O) groups is 1. The number of aromatic nitrogens is 2. The molecule has 0 aliphatic heterocycles. The monoisotopic (exact) mass is 236 g/mol. The van der Waals surface area contributed by atoms with Gasteiger partial charge in [-0.05, 0) is 25.2 Å². The number of carbonyl (C=O) groups excluding carboxylic acids is 1. The van der Waals surface area contributed by atoms with E-state index in [1.165, 1.54) is 0 Å². The lowest BCUT2D eigenvalue weighted by Crippen LogP contribution is -2.38. The molecule has 0 radical (unpaired) electrons. The first-order chi connectivity index (χ1) is 8.08. The fourth-order valence-electron chi connectivity index (χ4n) is 1.93. The summed E-state index contributed by atoms with van der Waals surface area (Å²) in [5.74, 6) is 0.643. The Morgan fingerprint density at radius 3 is 2.71 bits per heavy atom. The van der Waals surface area contributed by atoms with Gasteiger partial charge in [0.1, 0.15) is 12.4 Å². The van der Waals surface area contributed by atoms with Crippen molar-refractivity contribution in [3.8, 4) is 0 Å². The SMILES string of the molecule is CC(C)CCN(C(=O)n1cc[n+](C)c1)C1CC1. The van der Waals surface area contributed by atoms with Crippen molar-refractivity contribution in [3.05, 3.63) is 18.7 Å². The summed E-state index contributed by atoms with van der Waals surface area (Å²) < 4.78 is 3.57. The zero-order chi connectivity index (χ0) is 12.4. The van der Waals surface area contributed by atoms with E-state index in [4.69, 9.17) is 0 Å². The van der Waals surface area contributed by atoms with Gasteiger partial charge in [0.15, 0.2) is 0 Å². The number of hydrogen-bond donors (Lipinski definition) is 0. The summed E-state index contributed by atoms with van der Waals surface area (Å²) in [4.78, 5) is 14.4. The summed E-state index contributed by atoms with van der Waals surface area (Å²) in [5.41, 5.74) is 0. The molecule has 1 fully saturated rings. The van der Waals surface area contributed by atoms with Crippen molar-refractivity contribution >= 4 is 6.03 Å². The van der Waals surface area contributed by atoms with E-state index in [2.05, 4.69) is 13.8 Å². The minimum atomic E-state index is 0.119. The second-order valence-corrected chi connectivity index (χ2v) is 5.38. The fourth-order valence-corrected chi connectivity index (χ4v) is 1.93. The third-order valence-electron chi connectivity index (χ3n) is 3.17. The van der Waals surface area contributed by atoms with Crippen LogP contribution < -0.4 is 4.57 Å². The molecule has 0 saturated heterocycles. The van der Waals surface area contributed by atoms with E-state index < -0.39 is 0 Å². The summed E-state index contributed by atoms with van der Waals surface area (Å²) in [6, 6.07) is 0.600. The Bertz CT molecular complexity index is 393. The number of aryl methyl sites for hydroxylation is 1. The Kier molecular flexibility index (Phi) is 3.50. The molecule has 1 aliphatic carbocycles. The Balaban J connectivity index is 2.02. The molecule has 1 aromatic heterocycles. The number of hydrogen-bond acceptors (Lipinski definition) is 1. The second kappa shape index (κ2) is 4.90. The second-order valence-electron chi connectivity index (χ2n) is 5.38. The summed E-state index contributed by atoms with van der Waals surface area (Å²) in [6.07, 6.45) is 8.95. The highest BCUT2D eigenvalue weighted by molar-refractivity contribution is 5.77. The molecule has 0 N–H and O–H groups in total. The normalized spacial score (nSPS) is 15.3. The molecule has 1 saturated carbocycles. The van der Waals surface area contributed by atoms with Crippen LogP contribution in [0.5, 0.6) is 0 Å². The highest BCUT2D eigenvalue weighted by Gasteiger charge is 2.35. The summed E-state index contributed by atoms with van der Waals surface area (Å²) in [6.45, 7) is 5.28. The molecule has 4 nitrogen and oxygen atoms in total. The van der Waals surface area contributed by atoms with Gasteiger partial charge in [0.25, 0.3) is 6.33 Å². The van der Waals surface area contributed by atoms with Crippen LogP contribution in [0.1, 0.15) is 33.1 Å². The van der Waals surface area contributed by atoms with Crippen LogP contribution in [0, 0.1) is 5.92 Å². The lowest BCUT2D eigenvalue weighted by atomic mass is 10.1. The zero-order valence-corrected chi connectivity index (χ0v) is 11.0. The van der Waals surface area contributed by atoms with Crippen molar-refractivity contribution in [2.75, 3.05) is 6.54 Å². The highest BCUT2D eigenvalue weighted by Crippen LogP contribution is 2.28. The molecule has 1 heterocycles. The van der Waals surface area contributed by atoms with Crippen LogP contribution in [0.3, 0.4) is 0 Å². The van der Waals surface area contributed by atoms with Crippen LogP contribution in [0.4, 0.5) is 4.79 Å². The van der Waals surface area contributed by atoms with E-state index in [0.717, 1.165) is 25.8 Å². The molecular formula is C13H22N3O+. The molecule has 4 heteroatoms. The van der Waals surface area contributed by atoms with Gasteiger partial charge < -0.3 is 4.90 Å². The zero-order valence-electron chi connectivity index (χ0n) is 11.0. The van der Waals surface area contributed by atoms with Gasteiger partial charge in [-0.3, -0.25) is 0 Å². The molecule has 2 rings (SSSR count). The summed E-state index contributed by atoms with van der Waals surface area (Å²) in [5, 5.41) is 0. The van der Waals surface area contributed by atoms with Crippen molar-refractivity contribution in [3.63, 3.8) is 0 Å². The maximum Gasteiger partial charge on any atom is 0.416 e. The van der Waals surface area contributed by atoms with E-state index in [1.54, 1.807) is 4.57 Å². The highest BCUT2D eigenvalue weighted by atomic mass is 16.2. The third-order valence-corrected chi connectivity index (χ3v) is 3.17. The van der Waals surface area contributed by atoms with Gasteiger partial charge in [-0.15, -0.1) is 0 Å². The Morgan fingerprint density at radius 2 is 2.24 bits per heavy atom. The Labute approximate surface area is 103 Å². The molecule has 0 spiro atoms. The van der Waals surface area contributed by atoms with Gasteiger partial charge >= 0.3 is 6.03 Å². The van der Waals surface area contributed by atoms with Crippen LogP contribution in [-0.2, 0) is 7.05 Å². The van der Waals surface area contributed by atoms with E-state index in [9.17, 15) is 4.79 Å². The molecule has 0 aromatic carbocycles. The first kappa shape index (κ1) is 12.1. The third kappa shape index (κ3) is 3.08. The van der Waals surface area contributed by atoms with E-state index in [1.807, 2.05) is 35.2 Å². The molecule has 0 unspecified atom stereocenters. The largest absolute Gasteiger partial charge is 0.416 e. The quantitative estimate of drug-likeness (QED) is 0.733. The predicted octanol–water partition coefficient (Wildman–Crippen LogP) is 1.79. The van der Waals surface area contributed by atoms with Crippen molar-refractivity contribution in [1.29, 1.82) is 0 Å². The van der Waals surface area contributed by atoms with Gasteiger partial charge in [-0.25, -0.2) is 9.36 Å². The van der Waals surface area contributed by atoms with Crippen LogP contribution >= 0.6 is 0 Å². The maximum absolute atomic E-state index is 12.3. The molecular weight excluding hydrogens is 214 g/mol. The smallest absolute Gasteiger partial charge is 0.301 e. The molecule has 17 heavy (non-hydrogen) atoms. The number of rotatable bonds is 4. The average Bonchev–Trinajstić information content (AvgIpc) is 3.00. The lowest BCUT2D eigenvalue weighted by molar-refractivity contribution is -0.670. The predicted molar refractivity (Wildman–Crippen MR) is 65.6 cm³/mol. The average molecular weight is 236 g/mol. The lowest BCUT2D eigenvalue weighted by Gasteiger charge is -2.20. The van der Waals surface area contributed by atoms with E-state index in [0.29, 0.717) is 12.0 Å². The fraction of sp³-hybridized carbons (Fsp3) is 0.692. The van der Waals surface area contributed by atoms with Gasteiger partial charge in [0, 0.05) is 12.6 Å². The van der Waals surface area contributed by atoms with Gasteiger partial charge in [0.05, 0.1) is 7.05 Å². The van der Waals surface area contributed by atoms with Gasteiger partial charge in [-0.1, -0.05) is 13.8 Å². The molecule has 1 amide bonds. The van der Waals surface area contributed by atoms with Crippen LogP contribution in [-0.4, -0.2) is 28.1 Å². The van der Waals surface area contributed by atoms with Crippen molar-refractivity contribution in [2.45, 2.75) is 39.2 Å². The topological polar surface area (TPSA) is 29.1 Å². The minimum absolute atomic E-state index is 0.119. The van der Waals surface area contributed by atoms with Gasteiger partial charge in [-0.2, -0.15) is 4.57 Å². The van der Waals surface area contributed by atoms with Crippen LogP contribution in [0.2, 0.25) is 0 Å². The van der Waals surface area contributed by atoms with E-state index >= 15 is 0 Å². The van der Waals surface area contributed by atoms with Crippen LogP contribution in [0.15, 0.2) is 18.7 Å². The number of nitrogens with zero attached hydrogens (tertiary/aromatic N) is 3. The summed E-state index contributed by atoms with van der Waals surface area (Å²) >= 11 is 0. The Hall–Kier alpha value is -1.32. The molecule has 94 valence electrons. The number of amides is 1. The van der Waals surface area contributed by atoms with Crippen molar-refractivity contribution < 1.29 is 9.36 Å². The molecule has 0 atom stereocenters. The molecule has 1 aromatic rings. The summed E-state index contributed by atoms with van der Waals surface area (Å²) in [7, 11) is 1.93. The standard InChI is InChI=1S/C13H22N3O/c1-11(2)6-7-16(12-4-5-12)13(17)15-9-8-14(3)10-15/h8-12H,4-7H2,1-3H3/q+1. The first-order valence-corrected chi connectivity index (χ1v) is 6.42. The van der Waals surface area contributed by atoms with Crippen molar-refractivity contribution in [1.82, 2.24) is 9.47 Å². The number of imidazole rings is 1. The maximum atomic E-state index is 12.3. The Morgan fingerprint density at radius 1 is 1.53 bits per heavy atom.